The second-order valence-electron chi connectivity index (χ2n) is 10.1. The van der Waals surface area contributed by atoms with Crippen molar-refractivity contribution >= 4 is 52.9 Å². The van der Waals surface area contributed by atoms with Gasteiger partial charge in [-0.05, 0) is 61.2 Å². The summed E-state index contributed by atoms with van der Waals surface area (Å²) in [6, 6.07) is 10.8. The van der Waals surface area contributed by atoms with Crippen LogP contribution in [0.2, 0.25) is 5.02 Å². The number of hydrogen-bond acceptors (Lipinski definition) is 10. The number of halogens is 4. The fraction of sp³-hybridized carbons (Fsp3) is 0.321. The third-order valence-electron chi connectivity index (χ3n) is 6.64. The lowest BCUT2D eigenvalue weighted by molar-refractivity contribution is -0.154. The van der Waals surface area contributed by atoms with Crippen molar-refractivity contribution < 1.29 is 42.2 Å². The summed E-state index contributed by atoms with van der Waals surface area (Å²) in [6.45, 7) is -1.82. The van der Waals surface area contributed by atoms with E-state index in [1.54, 1.807) is 12.1 Å². The average molecular weight is 665 g/mol. The predicted molar refractivity (Wildman–Crippen MR) is 158 cm³/mol. The molecule has 3 amide bonds. The third kappa shape index (κ3) is 9.40. The minimum atomic E-state index is -4.63. The minimum absolute atomic E-state index is 0.0376. The van der Waals surface area contributed by atoms with Crippen molar-refractivity contribution in [3.63, 3.8) is 0 Å². The van der Waals surface area contributed by atoms with Crippen LogP contribution in [0.4, 0.5) is 30.8 Å². The number of hydrogen-bond donors (Lipinski definition) is 6. The molecule has 0 spiro atoms. The molecule has 2 aromatic carbocycles. The molecule has 46 heavy (non-hydrogen) atoms. The highest BCUT2D eigenvalue weighted by Crippen LogP contribution is 2.48. The Kier molecular flexibility index (Phi) is 10.5. The molecule has 1 saturated carbocycles. The summed E-state index contributed by atoms with van der Waals surface area (Å²) in [6.07, 6.45) is -3.42. The van der Waals surface area contributed by atoms with Crippen LogP contribution in [-0.2, 0) is 19.9 Å². The van der Waals surface area contributed by atoms with Gasteiger partial charge in [0.1, 0.15) is 6.04 Å². The first-order chi connectivity index (χ1) is 21.8. The summed E-state index contributed by atoms with van der Waals surface area (Å²) in [7, 11) is 1.26. The fourth-order valence-corrected chi connectivity index (χ4v) is 4.26. The summed E-state index contributed by atoms with van der Waals surface area (Å²) < 4.78 is 43.3. The van der Waals surface area contributed by atoms with E-state index in [1.807, 2.05) is 12.1 Å². The molecule has 1 aliphatic carbocycles. The first-order valence-corrected chi connectivity index (χ1v) is 14.1. The predicted octanol–water partition coefficient (Wildman–Crippen LogP) is 2.75. The Morgan fingerprint density at radius 2 is 1.63 bits per heavy atom. The molecule has 244 valence electrons. The number of likely N-dealkylation sites (N-methyl/N-ethyl adjacent to an activating group) is 1. The van der Waals surface area contributed by atoms with Crippen LogP contribution in [0.3, 0.4) is 0 Å². The van der Waals surface area contributed by atoms with Gasteiger partial charge in [-0.3, -0.25) is 14.4 Å². The molecule has 0 unspecified atom stereocenters. The number of aromatic nitrogens is 3. The largest absolute Gasteiger partial charge is 0.480 e. The Hall–Kier alpha value is -5.19. The highest BCUT2D eigenvalue weighted by Gasteiger charge is 2.45. The number of rotatable bonds is 13. The molecule has 0 aliphatic heterocycles. The van der Waals surface area contributed by atoms with Crippen LogP contribution in [0.25, 0.3) is 0 Å². The molecule has 0 bridgehead atoms. The quantitative estimate of drug-likeness (QED) is 0.147. The number of carbonyl (C=O) groups is 4. The number of aliphatic carboxylic acids is 1. The fourth-order valence-electron chi connectivity index (χ4n) is 4.13. The van der Waals surface area contributed by atoms with E-state index in [1.165, 1.54) is 31.3 Å². The van der Waals surface area contributed by atoms with Crippen LogP contribution in [0.5, 0.6) is 6.01 Å². The second kappa shape index (κ2) is 14.3. The normalized spacial score (nSPS) is 13.9. The van der Waals surface area contributed by atoms with Gasteiger partial charge in [0.05, 0.1) is 5.54 Å². The summed E-state index contributed by atoms with van der Waals surface area (Å²) in [5.74, 6) is -4.12. The molecule has 18 heteroatoms. The van der Waals surface area contributed by atoms with Gasteiger partial charge < -0.3 is 36.4 Å². The molecule has 1 aromatic heterocycles. The highest BCUT2D eigenvalue weighted by atomic mass is 35.5. The van der Waals surface area contributed by atoms with E-state index in [4.69, 9.17) is 16.3 Å². The van der Waals surface area contributed by atoms with Gasteiger partial charge in [0, 0.05) is 29.9 Å². The number of amides is 3. The lowest BCUT2D eigenvalue weighted by Crippen LogP contribution is -2.44. The lowest BCUT2D eigenvalue weighted by atomic mass is 10.1. The standard InChI is InChI=1S/C28H28ClF3N8O6/c1-33-21(42)22(43)34-13-10-19(23(44)45)36-20(41)15-2-8-18(9-3-15)35-24-37-25(39-26(38-24)46-14-28(30,31)32)40-27(11-12-27)16-4-6-17(29)7-5-16/h2-9,19H,10-14H2,1H3,(H,33,42)(H,34,43)(H,36,41)(H,44,45)(H2,35,37,38,39,40)/t19-/m0/s1. The van der Waals surface area contributed by atoms with E-state index in [0.717, 1.165) is 5.56 Å². The molecular formula is C28H28ClF3N8O6. The summed E-state index contributed by atoms with van der Waals surface area (Å²) >= 11 is 6.00. The molecule has 4 rings (SSSR count). The van der Waals surface area contributed by atoms with Crippen LogP contribution in [0, 0.1) is 0 Å². The number of ether oxygens (including phenoxy) is 1. The number of anilines is 3. The van der Waals surface area contributed by atoms with Crippen LogP contribution in [-0.4, -0.2) is 76.2 Å². The zero-order chi connectivity index (χ0) is 33.5. The van der Waals surface area contributed by atoms with Crippen molar-refractivity contribution in [3.8, 4) is 6.01 Å². The van der Waals surface area contributed by atoms with E-state index in [0.29, 0.717) is 23.6 Å². The second-order valence-corrected chi connectivity index (χ2v) is 10.5. The summed E-state index contributed by atoms with van der Waals surface area (Å²) in [5, 5.41) is 22.7. The van der Waals surface area contributed by atoms with Gasteiger partial charge in [-0.1, -0.05) is 23.7 Å². The zero-order valence-corrected chi connectivity index (χ0v) is 24.8. The number of nitrogens with one attached hydrogen (secondary N) is 5. The molecule has 1 atom stereocenters. The van der Waals surface area contributed by atoms with E-state index in [-0.39, 0.29) is 30.4 Å². The van der Waals surface area contributed by atoms with E-state index < -0.39 is 54.1 Å². The zero-order valence-electron chi connectivity index (χ0n) is 24.1. The van der Waals surface area contributed by atoms with E-state index in [9.17, 15) is 37.5 Å². The summed E-state index contributed by atoms with van der Waals surface area (Å²) in [5.41, 5.74) is 0.749. The SMILES string of the molecule is CNC(=O)C(=O)NCC[C@H](NC(=O)c1ccc(Nc2nc(NC3(c4ccc(Cl)cc4)CC3)nc(OCC(F)(F)F)n2)cc1)C(=O)O. The highest BCUT2D eigenvalue weighted by molar-refractivity contribution is 6.35. The van der Waals surface area contributed by atoms with Gasteiger partial charge >= 0.3 is 30.0 Å². The summed E-state index contributed by atoms with van der Waals surface area (Å²) in [4.78, 5) is 59.3. The molecule has 6 N–H and O–H groups in total. The van der Waals surface area contributed by atoms with Gasteiger partial charge in [-0.15, -0.1) is 0 Å². The van der Waals surface area contributed by atoms with Gasteiger partial charge in [0.2, 0.25) is 11.9 Å². The van der Waals surface area contributed by atoms with Gasteiger partial charge in [0.15, 0.2) is 6.61 Å². The van der Waals surface area contributed by atoms with Crippen LogP contribution in [0.15, 0.2) is 48.5 Å². The van der Waals surface area contributed by atoms with Crippen LogP contribution in [0.1, 0.15) is 35.2 Å². The van der Waals surface area contributed by atoms with Crippen LogP contribution < -0.4 is 31.3 Å². The van der Waals surface area contributed by atoms with Gasteiger partial charge in [0.25, 0.3) is 5.91 Å². The smallest absolute Gasteiger partial charge is 0.422 e. The Labute approximate surface area is 264 Å². The first-order valence-electron chi connectivity index (χ1n) is 13.7. The molecule has 1 aliphatic rings. The van der Waals surface area contributed by atoms with Crippen molar-refractivity contribution in [3.05, 3.63) is 64.7 Å². The number of carboxylic acid groups (broad SMARTS) is 1. The number of benzene rings is 2. The number of carboxylic acids is 1. The Bertz CT molecular complexity index is 1590. The Morgan fingerprint density at radius 3 is 2.22 bits per heavy atom. The first kappa shape index (κ1) is 33.7. The lowest BCUT2D eigenvalue weighted by Gasteiger charge is -2.19. The average Bonchev–Trinajstić information content (AvgIpc) is 3.79. The number of carbonyl (C=O) groups excluding carboxylic acids is 3. The monoisotopic (exact) mass is 664 g/mol. The molecule has 0 radical (unpaired) electrons. The molecule has 0 saturated heterocycles. The maximum Gasteiger partial charge on any atom is 0.422 e. The molecular weight excluding hydrogens is 637 g/mol. The maximum atomic E-state index is 12.9. The van der Waals surface area contributed by atoms with Crippen molar-refractivity contribution in [1.29, 1.82) is 0 Å². The topological polar surface area (TPSA) is 197 Å². The van der Waals surface area contributed by atoms with Crippen molar-refractivity contribution in [1.82, 2.24) is 30.9 Å². The van der Waals surface area contributed by atoms with E-state index in [2.05, 4.69) is 41.5 Å². The molecule has 1 heterocycles. The Morgan fingerprint density at radius 1 is 0.978 bits per heavy atom. The van der Waals surface area contributed by atoms with Gasteiger partial charge in [-0.25, -0.2) is 4.79 Å². The maximum absolute atomic E-state index is 12.9. The van der Waals surface area contributed by atoms with E-state index >= 15 is 0 Å². The molecule has 3 aromatic rings. The minimum Gasteiger partial charge on any atom is -0.480 e. The van der Waals surface area contributed by atoms with Crippen molar-refractivity contribution in [2.45, 2.75) is 37.0 Å². The molecule has 1 fully saturated rings. The number of nitrogens with zero attached hydrogens (tertiary/aromatic N) is 3. The van der Waals surface area contributed by atoms with Crippen molar-refractivity contribution in [2.24, 2.45) is 0 Å². The van der Waals surface area contributed by atoms with Gasteiger partial charge in [-0.2, -0.15) is 28.1 Å². The Balaban J connectivity index is 1.44. The molecule has 14 nitrogen and oxygen atoms in total. The van der Waals surface area contributed by atoms with Crippen LogP contribution >= 0.6 is 11.6 Å². The number of alkyl halides is 3. The van der Waals surface area contributed by atoms with Crippen molar-refractivity contribution in [2.75, 3.05) is 30.8 Å². The third-order valence-corrected chi connectivity index (χ3v) is 6.89.